The number of aliphatic hydroxyl groups excluding tert-OH is 1. The number of fused-ring (bicyclic) bond motifs is 1. The van der Waals surface area contributed by atoms with Gasteiger partial charge in [-0.15, -0.1) is 11.3 Å². The zero-order valence-corrected chi connectivity index (χ0v) is 11.0. The number of carbonyl (C=O) groups excluding carboxylic acids is 1. The van der Waals surface area contributed by atoms with Gasteiger partial charge in [-0.1, -0.05) is 0 Å². The quantitative estimate of drug-likeness (QED) is 0.903. The van der Waals surface area contributed by atoms with Crippen LogP contribution in [0.4, 0.5) is 4.39 Å². The average Bonchev–Trinajstić information content (AvgIpc) is 3.15. The molecule has 1 heterocycles. The Morgan fingerprint density at radius 3 is 3.00 bits per heavy atom. The average molecular weight is 279 g/mol. The second-order valence-corrected chi connectivity index (χ2v) is 5.99. The zero-order chi connectivity index (χ0) is 13.4. The Balaban J connectivity index is 1.70. The monoisotopic (exact) mass is 279 g/mol. The summed E-state index contributed by atoms with van der Waals surface area (Å²) >= 11 is 1.33. The van der Waals surface area contributed by atoms with Crippen LogP contribution in [0.3, 0.4) is 0 Å². The van der Waals surface area contributed by atoms with Gasteiger partial charge < -0.3 is 10.4 Å². The molecule has 1 fully saturated rings. The van der Waals surface area contributed by atoms with Crippen LogP contribution < -0.4 is 5.32 Å². The Labute approximate surface area is 114 Å². The highest BCUT2D eigenvalue weighted by Crippen LogP contribution is 2.32. The molecule has 0 radical (unpaired) electrons. The second kappa shape index (κ2) is 4.90. The van der Waals surface area contributed by atoms with Gasteiger partial charge in [-0.05, 0) is 48.4 Å². The predicted octanol–water partition coefficient (Wildman–Crippen LogP) is 2.54. The molecule has 0 aliphatic heterocycles. The lowest BCUT2D eigenvalue weighted by atomic mass is 10.2. The van der Waals surface area contributed by atoms with Gasteiger partial charge >= 0.3 is 0 Å². The molecule has 100 valence electrons. The Morgan fingerprint density at radius 2 is 2.26 bits per heavy atom. The highest BCUT2D eigenvalue weighted by Gasteiger charge is 2.29. The van der Waals surface area contributed by atoms with Crippen molar-refractivity contribution in [3.05, 3.63) is 35.0 Å². The molecule has 2 N–H and O–H groups in total. The summed E-state index contributed by atoms with van der Waals surface area (Å²) in [6, 6.07) is 6.16. The van der Waals surface area contributed by atoms with Crippen LogP contribution in [-0.2, 0) is 0 Å². The summed E-state index contributed by atoms with van der Waals surface area (Å²) in [5, 5.41) is 13.2. The molecule has 2 aromatic rings. The molecular formula is C14H14FNO2S. The third-order valence-corrected chi connectivity index (χ3v) is 4.45. The van der Waals surface area contributed by atoms with E-state index in [0.29, 0.717) is 10.8 Å². The Bertz CT molecular complexity index is 621. The molecule has 1 saturated carbocycles. The topological polar surface area (TPSA) is 49.3 Å². The van der Waals surface area contributed by atoms with Crippen molar-refractivity contribution in [3.8, 4) is 0 Å². The van der Waals surface area contributed by atoms with E-state index in [2.05, 4.69) is 5.32 Å². The number of rotatable bonds is 4. The van der Waals surface area contributed by atoms with E-state index in [1.807, 2.05) is 0 Å². The van der Waals surface area contributed by atoms with Gasteiger partial charge in [-0.3, -0.25) is 4.79 Å². The number of hydrogen-bond donors (Lipinski definition) is 2. The fraction of sp³-hybridized carbons (Fsp3) is 0.357. The maximum absolute atomic E-state index is 13.1. The Kier molecular flexibility index (Phi) is 3.24. The van der Waals surface area contributed by atoms with Crippen molar-refractivity contribution in [3.63, 3.8) is 0 Å². The highest BCUT2D eigenvalue weighted by atomic mass is 32.1. The fourth-order valence-electron chi connectivity index (χ4n) is 2.06. The molecule has 0 saturated heterocycles. The largest absolute Gasteiger partial charge is 0.391 e. The van der Waals surface area contributed by atoms with Crippen LogP contribution in [0.25, 0.3) is 10.1 Å². The van der Waals surface area contributed by atoms with Gasteiger partial charge in [0.1, 0.15) is 5.82 Å². The van der Waals surface area contributed by atoms with Crippen LogP contribution in [0, 0.1) is 11.7 Å². The van der Waals surface area contributed by atoms with Crippen molar-refractivity contribution < 1.29 is 14.3 Å². The lowest BCUT2D eigenvalue weighted by Gasteiger charge is -2.09. The van der Waals surface area contributed by atoms with Crippen LogP contribution in [0.2, 0.25) is 0 Å². The second-order valence-electron chi connectivity index (χ2n) is 4.91. The molecule has 3 nitrogen and oxygen atoms in total. The fourth-order valence-corrected chi connectivity index (χ4v) is 3.02. The van der Waals surface area contributed by atoms with Crippen molar-refractivity contribution >= 4 is 27.3 Å². The summed E-state index contributed by atoms with van der Waals surface area (Å²) in [6.45, 7) is 0.284. The number of halogens is 1. The van der Waals surface area contributed by atoms with E-state index in [-0.39, 0.29) is 18.3 Å². The molecule has 0 spiro atoms. The number of thiophene rings is 1. The van der Waals surface area contributed by atoms with Crippen molar-refractivity contribution in [2.45, 2.75) is 18.9 Å². The summed E-state index contributed by atoms with van der Waals surface area (Å²) < 4.78 is 14.0. The third kappa shape index (κ3) is 2.77. The molecule has 1 aliphatic rings. The number of aliphatic hydroxyl groups is 1. The smallest absolute Gasteiger partial charge is 0.261 e. The minimum Gasteiger partial charge on any atom is -0.391 e. The number of carbonyl (C=O) groups is 1. The normalized spacial score (nSPS) is 16.5. The molecule has 1 amide bonds. The number of benzene rings is 1. The first-order valence-electron chi connectivity index (χ1n) is 6.29. The number of nitrogens with one attached hydrogen (secondary N) is 1. The van der Waals surface area contributed by atoms with Gasteiger partial charge in [0.05, 0.1) is 11.0 Å². The van der Waals surface area contributed by atoms with Gasteiger partial charge in [0, 0.05) is 11.2 Å². The SMILES string of the molecule is O=C(NCC(O)C1CC1)c1cc2cc(F)ccc2s1. The van der Waals surface area contributed by atoms with Gasteiger partial charge in [0.2, 0.25) is 0 Å². The van der Waals surface area contributed by atoms with Crippen molar-refractivity contribution in [2.24, 2.45) is 5.92 Å². The lowest BCUT2D eigenvalue weighted by molar-refractivity contribution is 0.0905. The van der Waals surface area contributed by atoms with Gasteiger partial charge in [0.15, 0.2) is 0 Å². The van der Waals surface area contributed by atoms with Crippen LogP contribution >= 0.6 is 11.3 Å². The van der Waals surface area contributed by atoms with Crippen LogP contribution in [0.15, 0.2) is 24.3 Å². The van der Waals surface area contributed by atoms with Gasteiger partial charge in [-0.25, -0.2) is 4.39 Å². The van der Waals surface area contributed by atoms with Gasteiger partial charge in [0.25, 0.3) is 5.91 Å². The maximum atomic E-state index is 13.1. The molecular weight excluding hydrogens is 265 g/mol. The maximum Gasteiger partial charge on any atom is 0.261 e. The highest BCUT2D eigenvalue weighted by molar-refractivity contribution is 7.20. The minimum absolute atomic E-state index is 0.207. The van der Waals surface area contributed by atoms with E-state index in [9.17, 15) is 14.3 Å². The van der Waals surface area contributed by atoms with Crippen molar-refractivity contribution in [2.75, 3.05) is 6.54 Å². The Morgan fingerprint density at radius 1 is 1.47 bits per heavy atom. The lowest BCUT2D eigenvalue weighted by Crippen LogP contribution is -2.32. The van der Waals surface area contributed by atoms with E-state index in [1.54, 1.807) is 12.1 Å². The molecule has 1 unspecified atom stereocenters. The number of amides is 1. The third-order valence-electron chi connectivity index (χ3n) is 3.34. The first-order valence-corrected chi connectivity index (χ1v) is 7.10. The van der Waals surface area contributed by atoms with E-state index in [0.717, 1.165) is 22.9 Å². The zero-order valence-electron chi connectivity index (χ0n) is 10.2. The van der Waals surface area contributed by atoms with E-state index in [4.69, 9.17) is 0 Å². The summed E-state index contributed by atoms with van der Waals surface area (Å²) in [6.07, 6.45) is 1.63. The predicted molar refractivity (Wildman–Crippen MR) is 72.8 cm³/mol. The summed E-state index contributed by atoms with van der Waals surface area (Å²) in [5.41, 5.74) is 0. The summed E-state index contributed by atoms with van der Waals surface area (Å²) in [5.74, 6) is -0.167. The molecule has 1 aliphatic carbocycles. The van der Waals surface area contributed by atoms with Crippen LogP contribution in [0.1, 0.15) is 22.5 Å². The van der Waals surface area contributed by atoms with E-state index >= 15 is 0 Å². The standard InChI is InChI=1S/C14H14FNO2S/c15-10-3-4-12-9(5-10)6-13(19-12)14(18)16-7-11(17)8-1-2-8/h3-6,8,11,17H,1-2,7H2,(H,16,18). The Hall–Kier alpha value is -1.46. The molecule has 5 heteroatoms. The number of hydrogen-bond acceptors (Lipinski definition) is 3. The molecule has 1 aromatic carbocycles. The molecule has 19 heavy (non-hydrogen) atoms. The minimum atomic E-state index is -0.448. The summed E-state index contributed by atoms with van der Waals surface area (Å²) in [4.78, 5) is 12.5. The molecule has 0 bridgehead atoms. The molecule has 1 aromatic heterocycles. The van der Waals surface area contributed by atoms with Crippen LogP contribution in [0.5, 0.6) is 0 Å². The molecule has 3 rings (SSSR count). The van der Waals surface area contributed by atoms with E-state index < -0.39 is 6.10 Å². The van der Waals surface area contributed by atoms with E-state index in [1.165, 1.54) is 23.5 Å². The first kappa shape index (κ1) is 12.6. The van der Waals surface area contributed by atoms with Crippen LogP contribution in [-0.4, -0.2) is 23.7 Å². The molecule has 1 atom stereocenters. The first-order chi connectivity index (χ1) is 9.13. The summed E-state index contributed by atoms with van der Waals surface area (Å²) in [7, 11) is 0. The van der Waals surface area contributed by atoms with Gasteiger partial charge in [-0.2, -0.15) is 0 Å². The van der Waals surface area contributed by atoms with Crippen molar-refractivity contribution in [1.29, 1.82) is 0 Å². The van der Waals surface area contributed by atoms with Crippen molar-refractivity contribution in [1.82, 2.24) is 5.32 Å².